The molecule has 1 N–H and O–H groups in total. The summed E-state index contributed by atoms with van der Waals surface area (Å²) in [6.07, 6.45) is 0.869. The minimum atomic E-state index is 0.224. The summed E-state index contributed by atoms with van der Waals surface area (Å²) < 4.78 is 0. The maximum atomic E-state index is 8.81. The molecule has 0 aliphatic carbocycles. The summed E-state index contributed by atoms with van der Waals surface area (Å²) in [6.45, 7) is 2.09. The monoisotopic (exact) mass is 304 g/mol. The smallest absolute Gasteiger partial charge is 0.0992 e. The lowest BCUT2D eigenvalue weighted by Crippen LogP contribution is -2.18. The Morgan fingerprint density at radius 2 is 1.85 bits per heavy atom. The molecule has 2 nitrogen and oxygen atoms in total. The summed E-state index contributed by atoms with van der Waals surface area (Å²) in [4.78, 5) is 0. The minimum absolute atomic E-state index is 0.224. The highest BCUT2D eigenvalue weighted by atomic mass is 35.5. The quantitative estimate of drug-likeness (QED) is 0.871. The van der Waals surface area contributed by atoms with Gasteiger partial charge in [-0.2, -0.15) is 5.26 Å². The van der Waals surface area contributed by atoms with E-state index in [0.29, 0.717) is 10.6 Å². The molecule has 0 radical (unpaired) electrons. The van der Waals surface area contributed by atoms with Crippen LogP contribution in [0.3, 0.4) is 0 Å². The van der Waals surface area contributed by atoms with Crippen LogP contribution < -0.4 is 5.32 Å². The van der Waals surface area contributed by atoms with Gasteiger partial charge in [-0.15, -0.1) is 0 Å². The molecular weight excluding hydrogens is 291 g/mol. The van der Waals surface area contributed by atoms with Gasteiger partial charge in [0.1, 0.15) is 0 Å². The molecule has 0 amide bonds. The van der Waals surface area contributed by atoms with E-state index in [-0.39, 0.29) is 6.04 Å². The van der Waals surface area contributed by atoms with Crippen molar-refractivity contribution in [3.8, 4) is 6.07 Å². The van der Waals surface area contributed by atoms with Crippen LogP contribution in [0.4, 0.5) is 5.69 Å². The fraction of sp³-hybridized carbons (Fsp3) is 0.188. The predicted molar refractivity (Wildman–Crippen MR) is 84.4 cm³/mol. The Morgan fingerprint density at radius 1 is 1.15 bits per heavy atom. The molecule has 1 unspecified atom stereocenters. The van der Waals surface area contributed by atoms with Gasteiger partial charge in [-0.1, -0.05) is 35.3 Å². The van der Waals surface area contributed by atoms with E-state index in [1.165, 1.54) is 5.56 Å². The molecule has 102 valence electrons. The number of hydrogen-bond donors (Lipinski definition) is 1. The predicted octanol–water partition coefficient (Wildman–Crippen LogP) is 4.91. The Balaban J connectivity index is 2.03. The van der Waals surface area contributed by atoms with Gasteiger partial charge in [-0.25, -0.2) is 0 Å². The number of anilines is 1. The molecule has 2 aromatic carbocycles. The molecule has 1 atom stereocenters. The van der Waals surface area contributed by atoms with Gasteiger partial charge in [0.15, 0.2) is 0 Å². The largest absolute Gasteiger partial charge is 0.381 e. The number of benzene rings is 2. The van der Waals surface area contributed by atoms with Crippen molar-refractivity contribution < 1.29 is 0 Å². The molecule has 0 saturated carbocycles. The van der Waals surface area contributed by atoms with Gasteiger partial charge in [-0.05, 0) is 49.2 Å². The standard InChI is InChI=1S/C16H14Cl2N2/c1-11(8-12-2-5-14(17)6-3-12)20-16-7-4-13(10-19)9-15(16)18/h2-7,9,11,20H,8H2,1H3. The minimum Gasteiger partial charge on any atom is -0.381 e. The van der Waals surface area contributed by atoms with Gasteiger partial charge in [0.25, 0.3) is 0 Å². The van der Waals surface area contributed by atoms with Crippen LogP contribution in [0.15, 0.2) is 42.5 Å². The Hall–Kier alpha value is -1.69. The van der Waals surface area contributed by atoms with E-state index in [4.69, 9.17) is 28.5 Å². The molecule has 0 bridgehead atoms. The van der Waals surface area contributed by atoms with Crippen LogP contribution in [0.1, 0.15) is 18.1 Å². The molecule has 0 fully saturated rings. The number of nitrogens with one attached hydrogen (secondary N) is 1. The maximum absolute atomic E-state index is 8.81. The molecule has 0 aliphatic heterocycles. The normalized spacial score (nSPS) is 11.7. The Kier molecular flexibility index (Phi) is 4.89. The fourth-order valence-corrected chi connectivity index (χ4v) is 2.35. The van der Waals surface area contributed by atoms with Crippen molar-refractivity contribution >= 4 is 28.9 Å². The fourth-order valence-electron chi connectivity index (χ4n) is 1.99. The zero-order valence-corrected chi connectivity index (χ0v) is 12.5. The first-order valence-corrected chi connectivity index (χ1v) is 7.04. The average Bonchev–Trinajstić information content (AvgIpc) is 2.43. The molecule has 0 aliphatic rings. The van der Waals surface area contributed by atoms with Gasteiger partial charge < -0.3 is 5.32 Å². The topological polar surface area (TPSA) is 35.8 Å². The van der Waals surface area contributed by atoms with E-state index in [1.807, 2.05) is 30.3 Å². The number of rotatable bonds is 4. The Bertz CT molecular complexity index is 630. The molecule has 0 saturated heterocycles. The summed E-state index contributed by atoms with van der Waals surface area (Å²) in [5.74, 6) is 0. The van der Waals surface area contributed by atoms with Crippen molar-refractivity contribution in [3.63, 3.8) is 0 Å². The van der Waals surface area contributed by atoms with Gasteiger partial charge in [0.2, 0.25) is 0 Å². The molecule has 0 spiro atoms. The van der Waals surface area contributed by atoms with Crippen LogP contribution in [-0.4, -0.2) is 6.04 Å². The first-order chi connectivity index (χ1) is 9.58. The van der Waals surface area contributed by atoms with Crippen molar-refractivity contribution in [2.24, 2.45) is 0 Å². The number of halogens is 2. The van der Waals surface area contributed by atoms with Gasteiger partial charge >= 0.3 is 0 Å². The third-order valence-electron chi connectivity index (χ3n) is 2.96. The maximum Gasteiger partial charge on any atom is 0.0992 e. The Morgan fingerprint density at radius 3 is 2.45 bits per heavy atom. The third-order valence-corrected chi connectivity index (χ3v) is 3.52. The van der Waals surface area contributed by atoms with Crippen molar-refractivity contribution in [2.75, 3.05) is 5.32 Å². The zero-order chi connectivity index (χ0) is 14.5. The van der Waals surface area contributed by atoms with Crippen LogP contribution in [0, 0.1) is 11.3 Å². The van der Waals surface area contributed by atoms with Crippen molar-refractivity contribution in [1.82, 2.24) is 0 Å². The summed E-state index contributed by atoms with van der Waals surface area (Å²) in [7, 11) is 0. The number of hydrogen-bond acceptors (Lipinski definition) is 2. The van der Waals surface area contributed by atoms with E-state index in [2.05, 4.69) is 18.3 Å². The summed E-state index contributed by atoms with van der Waals surface area (Å²) in [5, 5.41) is 13.5. The number of nitriles is 1. The highest BCUT2D eigenvalue weighted by Gasteiger charge is 2.07. The second-order valence-electron chi connectivity index (χ2n) is 4.68. The van der Waals surface area contributed by atoms with Crippen LogP contribution in [0.2, 0.25) is 10.0 Å². The SMILES string of the molecule is CC(Cc1ccc(Cl)cc1)Nc1ccc(C#N)cc1Cl. The van der Waals surface area contributed by atoms with E-state index in [1.54, 1.807) is 12.1 Å². The lowest BCUT2D eigenvalue weighted by Gasteiger charge is -2.16. The highest BCUT2D eigenvalue weighted by Crippen LogP contribution is 2.24. The number of nitrogens with zero attached hydrogens (tertiary/aromatic N) is 1. The molecule has 0 heterocycles. The van der Waals surface area contributed by atoms with E-state index < -0.39 is 0 Å². The summed E-state index contributed by atoms with van der Waals surface area (Å²) in [6, 6.07) is 15.3. The zero-order valence-electron chi connectivity index (χ0n) is 11.0. The van der Waals surface area contributed by atoms with Gasteiger partial charge in [0.05, 0.1) is 22.3 Å². The van der Waals surface area contributed by atoms with Crippen LogP contribution in [-0.2, 0) is 6.42 Å². The molecule has 2 rings (SSSR count). The van der Waals surface area contributed by atoms with E-state index in [0.717, 1.165) is 17.1 Å². The first-order valence-electron chi connectivity index (χ1n) is 6.29. The summed E-state index contributed by atoms with van der Waals surface area (Å²) in [5.41, 5.74) is 2.61. The van der Waals surface area contributed by atoms with Gasteiger partial charge in [0, 0.05) is 11.1 Å². The first kappa shape index (κ1) is 14.7. The van der Waals surface area contributed by atoms with E-state index in [9.17, 15) is 0 Å². The van der Waals surface area contributed by atoms with Gasteiger partial charge in [-0.3, -0.25) is 0 Å². The second kappa shape index (κ2) is 6.65. The van der Waals surface area contributed by atoms with Crippen LogP contribution >= 0.6 is 23.2 Å². The lowest BCUT2D eigenvalue weighted by atomic mass is 10.1. The van der Waals surface area contributed by atoms with Crippen molar-refractivity contribution in [3.05, 3.63) is 63.6 Å². The molecule has 2 aromatic rings. The van der Waals surface area contributed by atoms with Crippen LogP contribution in [0.5, 0.6) is 0 Å². The average molecular weight is 305 g/mol. The van der Waals surface area contributed by atoms with Crippen LogP contribution in [0.25, 0.3) is 0 Å². The Labute approximate surface area is 128 Å². The lowest BCUT2D eigenvalue weighted by molar-refractivity contribution is 0.790. The molecule has 20 heavy (non-hydrogen) atoms. The molecule has 0 aromatic heterocycles. The molecular formula is C16H14Cl2N2. The third kappa shape index (κ3) is 3.90. The highest BCUT2D eigenvalue weighted by molar-refractivity contribution is 6.33. The molecule has 4 heteroatoms. The second-order valence-corrected chi connectivity index (χ2v) is 5.53. The van der Waals surface area contributed by atoms with Crippen molar-refractivity contribution in [1.29, 1.82) is 5.26 Å². The summed E-state index contributed by atoms with van der Waals surface area (Å²) >= 11 is 12.0. The van der Waals surface area contributed by atoms with Crippen molar-refractivity contribution in [2.45, 2.75) is 19.4 Å². The van der Waals surface area contributed by atoms with E-state index >= 15 is 0 Å².